The van der Waals surface area contributed by atoms with Crippen molar-refractivity contribution in [2.75, 3.05) is 16.6 Å². The summed E-state index contributed by atoms with van der Waals surface area (Å²) in [6, 6.07) is 19.7. The number of benzene rings is 2. The van der Waals surface area contributed by atoms with E-state index in [9.17, 15) is 4.79 Å². The minimum Gasteiger partial charge on any atom is -0.276 e. The highest BCUT2D eigenvalue weighted by Crippen LogP contribution is 2.36. The maximum Gasteiger partial charge on any atom is 0.264 e. The normalized spacial score (nSPS) is 22.4. The second-order valence-electron chi connectivity index (χ2n) is 5.04. The third-order valence-electron chi connectivity index (χ3n) is 3.38. The molecule has 2 aromatic carbocycles. The van der Waals surface area contributed by atoms with Crippen molar-refractivity contribution in [3.8, 4) is 0 Å². The summed E-state index contributed by atoms with van der Waals surface area (Å²) in [7, 11) is 0. The van der Waals surface area contributed by atoms with Gasteiger partial charge in [-0.3, -0.25) is 9.80 Å². The summed E-state index contributed by atoms with van der Waals surface area (Å²) >= 11 is 3.55. The molecule has 1 unspecified atom stereocenters. The third-order valence-corrected chi connectivity index (χ3v) is 3.97. The molecule has 20 heavy (non-hydrogen) atoms. The Morgan fingerprint density at radius 2 is 1.45 bits per heavy atom. The van der Waals surface area contributed by atoms with Gasteiger partial charge in [0.15, 0.2) is 0 Å². The lowest BCUT2D eigenvalue weighted by atomic mass is 10.2. The number of carbonyl (C=O) groups is 1. The van der Waals surface area contributed by atoms with Gasteiger partial charge in [0.2, 0.25) is 0 Å². The standard InChI is InChI=1S/C16H15BrN2O/c1-16(17)12-18(13-8-4-2-5-9-13)19(15(16)20)14-10-6-3-7-11-14/h2-11H,12H2,1H3. The van der Waals surface area contributed by atoms with Gasteiger partial charge in [-0.15, -0.1) is 0 Å². The number of hydrazine groups is 1. The molecule has 0 aromatic heterocycles. The van der Waals surface area contributed by atoms with E-state index in [0.29, 0.717) is 6.54 Å². The molecule has 1 aliphatic heterocycles. The van der Waals surface area contributed by atoms with Crippen LogP contribution in [-0.2, 0) is 4.79 Å². The van der Waals surface area contributed by atoms with E-state index in [4.69, 9.17) is 0 Å². The second kappa shape index (κ2) is 4.94. The average Bonchev–Trinajstić information content (AvgIpc) is 2.72. The fourth-order valence-electron chi connectivity index (χ4n) is 2.38. The van der Waals surface area contributed by atoms with Gasteiger partial charge in [0.05, 0.1) is 17.9 Å². The highest BCUT2D eigenvalue weighted by Gasteiger charge is 2.46. The molecule has 1 atom stereocenters. The zero-order valence-corrected chi connectivity index (χ0v) is 12.7. The van der Waals surface area contributed by atoms with Crippen LogP contribution in [0.25, 0.3) is 0 Å². The summed E-state index contributed by atoms with van der Waals surface area (Å²) in [6.07, 6.45) is 0. The highest BCUT2D eigenvalue weighted by molar-refractivity contribution is 9.10. The number of halogens is 1. The van der Waals surface area contributed by atoms with E-state index in [2.05, 4.69) is 15.9 Å². The van der Waals surface area contributed by atoms with Crippen molar-refractivity contribution in [1.29, 1.82) is 0 Å². The molecule has 4 heteroatoms. The van der Waals surface area contributed by atoms with Gasteiger partial charge in [-0.2, -0.15) is 0 Å². The van der Waals surface area contributed by atoms with Gasteiger partial charge in [0, 0.05) is 0 Å². The lowest BCUT2D eigenvalue weighted by molar-refractivity contribution is -0.118. The van der Waals surface area contributed by atoms with Crippen molar-refractivity contribution in [3.05, 3.63) is 60.7 Å². The van der Waals surface area contributed by atoms with Gasteiger partial charge in [-0.1, -0.05) is 52.3 Å². The van der Waals surface area contributed by atoms with Crippen LogP contribution < -0.4 is 10.0 Å². The molecule has 1 saturated heterocycles. The molecule has 3 nitrogen and oxygen atoms in total. The molecule has 2 aromatic rings. The Labute approximate surface area is 126 Å². The SMILES string of the molecule is CC1(Br)CN(c2ccccc2)N(c2ccccc2)C1=O. The highest BCUT2D eigenvalue weighted by atomic mass is 79.9. The predicted molar refractivity (Wildman–Crippen MR) is 85.0 cm³/mol. The Morgan fingerprint density at radius 1 is 0.950 bits per heavy atom. The van der Waals surface area contributed by atoms with Crippen LogP contribution in [0.15, 0.2) is 60.7 Å². The molecule has 0 bridgehead atoms. The molecular formula is C16H15BrN2O. The second-order valence-corrected chi connectivity index (χ2v) is 6.79. The van der Waals surface area contributed by atoms with Crippen LogP contribution in [0.3, 0.4) is 0 Å². The zero-order valence-electron chi connectivity index (χ0n) is 11.2. The number of carbonyl (C=O) groups excluding carboxylic acids is 1. The Morgan fingerprint density at radius 3 is 2.00 bits per heavy atom. The molecule has 1 heterocycles. The van der Waals surface area contributed by atoms with E-state index in [0.717, 1.165) is 11.4 Å². The number of anilines is 2. The van der Waals surface area contributed by atoms with Crippen LogP contribution in [-0.4, -0.2) is 16.8 Å². The molecular weight excluding hydrogens is 316 g/mol. The number of nitrogens with zero attached hydrogens (tertiary/aromatic N) is 2. The van der Waals surface area contributed by atoms with Gasteiger partial charge >= 0.3 is 0 Å². The summed E-state index contributed by atoms with van der Waals surface area (Å²) in [6.45, 7) is 2.51. The van der Waals surface area contributed by atoms with Crippen molar-refractivity contribution in [2.45, 2.75) is 11.2 Å². The van der Waals surface area contributed by atoms with Crippen molar-refractivity contribution in [3.63, 3.8) is 0 Å². The van der Waals surface area contributed by atoms with Gasteiger partial charge in [0.1, 0.15) is 4.32 Å². The summed E-state index contributed by atoms with van der Waals surface area (Å²) in [4.78, 5) is 12.6. The zero-order chi connectivity index (χ0) is 14.2. The van der Waals surface area contributed by atoms with E-state index in [1.165, 1.54) is 0 Å². The summed E-state index contributed by atoms with van der Waals surface area (Å²) < 4.78 is -0.571. The van der Waals surface area contributed by atoms with E-state index in [1.54, 1.807) is 5.01 Å². The smallest absolute Gasteiger partial charge is 0.264 e. The Balaban J connectivity index is 2.06. The van der Waals surface area contributed by atoms with Gasteiger partial charge in [-0.25, -0.2) is 5.01 Å². The minimum absolute atomic E-state index is 0.0487. The fraction of sp³-hybridized carbons (Fsp3) is 0.188. The van der Waals surface area contributed by atoms with Gasteiger partial charge < -0.3 is 0 Å². The molecule has 3 rings (SSSR count). The molecule has 1 aliphatic rings. The first-order valence-corrected chi connectivity index (χ1v) is 7.30. The van der Waals surface area contributed by atoms with Gasteiger partial charge in [-0.05, 0) is 31.2 Å². The maximum absolute atomic E-state index is 12.6. The number of para-hydroxylation sites is 2. The molecule has 0 N–H and O–H groups in total. The molecule has 0 spiro atoms. The average molecular weight is 331 g/mol. The maximum atomic E-state index is 12.6. The summed E-state index contributed by atoms with van der Waals surface area (Å²) in [5.41, 5.74) is 1.89. The Kier molecular flexibility index (Phi) is 3.26. The van der Waals surface area contributed by atoms with Crippen LogP contribution in [0.2, 0.25) is 0 Å². The molecule has 102 valence electrons. The first-order valence-electron chi connectivity index (χ1n) is 6.51. The molecule has 1 fully saturated rings. The van der Waals surface area contributed by atoms with Gasteiger partial charge in [0.25, 0.3) is 5.91 Å². The quantitative estimate of drug-likeness (QED) is 0.785. The first-order chi connectivity index (χ1) is 9.59. The minimum atomic E-state index is -0.571. The van der Waals surface area contributed by atoms with Crippen LogP contribution in [0.5, 0.6) is 0 Å². The Bertz CT molecular complexity index is 613. The molecule has 0 saturated carbocycles. The van der Waals surface area contributed by atoms with Crippen LogP contribution in [0.1, 0.15) is 6.92 Å². The number of amides is 1. The summed E-state index contributed by atoms with van der Waals surface area (Å²) in [5, 5.41) is 3.75. The Hall–Kier alpha value is -1.81. The van der Waals surface area contributed by atoms with Crippen molar-refractivity contribution >= 4 is 33.2 Å². The van der Waals surface area contributed by atoms with E-state index in [-0.39, 0.29) is 5.91 Å². The monoisotopic (exact) mass is 330 g/mol. The van der Waals surface area contributed by atoms with E-state index < -0.39 is 4.32 Å². The lowest BCUT2D eigenvalue weighted by Crippen LogP contribution is -2.39. The predicted octanol–water partition coefficient (Wildman–Crippen LogP) is 3.61. The molecule has 1 amide bonds. The number of rotatable bonds is 2. The third kappa shape index (κ3) is 2.20. The van der Waals surface area contributed by atoms with E-state index >= 15 is 0 Å². The lowest BCUT2D eigenvalue weighted by Gasteiger charge is -2.29. The largest absolute Gasteiger partial charge is 0.276 e. The fourth-order valence-corrected chi connectivity index (χ4v) is 2.79. The van der Waals surface area contributed by atoms with Crippen LogP contribution in [0.4, 0.5) is 11.4 Å². The van der Waals surface area contributed by atoms with Crippen molar-refractivity contribution in [2.24, 2.45) is 0 Å². The number of hydrogen-bond donors (Lipinski definition) is 0. The van der Waals surface area contributed by atoms with E-state index in [1.807, 2.05) is 72.6 Å². The first kappa shape index (κ1) is 13.2. The summed E-state index contributed by atoms with van der Waals surface area (Å²) in [5.74, 6) is 0.0487. The topological polar surface area (TPSA) is 23.6 Å². The molecule has 0 aliphatic carbocycles. The molecule has 0 radical (unpaired) electrons. The van der Waals surface area contributed by atoms with Crippen LogP contribution in [0, 0.1) is 0 Å². The number of alkyl halides is 1. The van der Waals surface area contributed by atoms with Crippen molar-refractivity contribution in [1.82, 2.24) is 0 Å². The number of hydrogen-bond acceptors (Lipinski definition) is 2. The van der Waals surface area contributed by atoms with Crippen molar-refractivity contribution < 1.29 is 4.79 Å². The van der Waals surface area contributed by atoms with Crippen LogP contribution >= 0.6 is 15.9 Å².